The van der Waals surface area contributed by atoms with Gasteiger partial charge in [0, 0.05) is 0 Å². The number of aliphatic hydroxyl groups is 3. The largest absolute Gasteiger partial charge is 0.394 e. The normalized spacial score (nSPS) is 33.5. The maximum atomic E-state index is 9.88. The van der Waals surface area contributed by atoms with Gasteiger partial charge < -0.3 is 30.5 Å². The number of benzene rings is 1. The van der Waals surface area contributed by atoms with Gasteiger partial charge in [0.1, 0.15) is 18.3 Å². The second kappa shape index (κ2) is 7.90. The molecule has 0 aliphatic carbocycles. The number of ether oxygens (including phenoxy) is 2. The summed E-state index contributed by atoms with van der Waals surface area (Å²) >= 11 is 0. The molecule has 1 aliphatic heterocycles. The van der Waals surface area contributed by atoms with Gasteiger partial charge in [0.25, 0.3) is 0 Å². The molecule has 1 heterocycles. The Morgan fingerprint density at radius 2 is 1.80 bits per heavy atom. The maximum Gasteiger partial charge on any atom is 0.186 e. The molecule has 1 aliphatic rings. The van der Waals surface area contributed by atoms with Crippen molar-refractivity contribution < 1.29 is 24.8 Å². The fourth-order valence-electron chi connectivity index (χ4n) is 2.01. The van der Waals surface area contributed by atoms with Crippen molar-refractivity contribution in [2.24, 2.45) is 5.73 Å². The molecule has 0 radical (unpaired) electrons. The minimum atomic E-state index is -1.14. The Bertz CT molecular complexity index is 392. The van der Waals surface area contributed by atoms with Gasteiger partial charge in [0.2, 0.25) is 0 Å². The van der Waals surface area contributed by atoms with Gasteiger partial charge in [-0.15, -0.1) is 12.4 Å². The van der Waals surface area contributed by atoms with Gasteiger partial charge in [-0.2, -0.15) is 0 Å². The number of hydrogen-bond donors (Lipinski definition) is 4. The minimum absolute atomic E-state index is 0. The highest BCUT2D eigenvalue weighted by atomic mass is 35.5. The highest BCUT2D eigenvalue weighted by Crippen LogP contribution is 2.21. The summed E-state index contributed by atoms with van der Waals surface area (Å²) in [6, 6.07) is 8.50. The van der Waals surface area contributed by atoms with Crippen LogP contribution in [0.4, 0.5) is 0 Å². The summed E-state index contributed by atoms with van der Waals surface area (Å²) in [6.07, 6.45) is -4.06. The number of halogens is 1. The average molecular weight is 306 g/mol. The Hall–Kier alpha value is -0.730. The number of hydrogen-bond acceptors (Lipinski definition) is 6. The summed E-state index contributed by atoms with van der Waals surface area (Å²) in [5, 5.41) is 28.7. The van der Waals surface area contributed by atoms with Crippen LogP contribution >= 0.6 is 12.4 Å². The second-order valence-corrected chi connectivity index (χ2v) is 4.58. The predicted octanol–water partition coefficient (Wildman–Crippen LogP) is -0.609. The quantitative estimate of drug-likeness (QED) is 0.591. The van der Waals surface area contributed by atoms with Gasteiger partial charge in [-0.25, -0.2) is 0 Å². The van der Waals surface area contributed by atoms with Crippen molar-refractivity contribution in [3.05, 3.63) is 35.9 Å². The molecule has 0 amide bonds. The molecular formula is C13H20ClNO5. The van der Waals surface area contributed by atoms with Crippen molar-refractivity contribution in [3.63, 3.8) is 0 Å². The van der Waals surface area contributed by atoms with Crippen LogP contribution in [0.3, 0.4) is 0 Å². The molecule has 1 saturated heterocycles. The van der Waals surface area contributed by atoms with E-state index in [4.69, 9.17) is 20.3 Å². The molecule has 5 unspecified atom stereocenters. The van der Waals surface area contributed by atoms with Crippen LogP contribution in [0.2, 0.25) is 0 Å². The third-order valence-corrected chi connectivity index (χ3v) is 3.19. The molecule has 5 atom stereocenters. The summed E-state index contributed by atoms with van der Waals surface area (Å²) in [4.78, 5) is 0. The van der Waals surface area contributed by atoms with Crippen LogP contribution in [0.15, 0.2) is 30.3 Å². The third-order valence-electron chi connectivity index (χ3n) is 3.19. The zero-order chi connectivity index (χ0) is 13.8. The predicted molar refractivity (Wildman–Crippen MR) is 74.2 cm³/mol. The molecule has 114 valence electrons. The average Bonchev–Trinajstić information content (AvgIpc) is 2.45. The van der Waals surface area contributed by atoms with E-state index in [9.17, 15) is 10.2 Å². The van der Waals surface area contributed by atoms with E-state index in [0.717, 1.165) is 5.56 Å². The Morgan fingerprint density at radius 3 is 2.40 bits per heavy atom. The van der Waals surface area contributed by atoms with Crippen LogP contribution in [0.1, 0.15) is 5.56 Å². The fourth-order valence-corrected chi connectivity index (χ4v) is 2.01. The Kier molecular flexibility index (Phi) is 6.84. The molecule has 5 N–H and O–H groups in total. The van der Waals surface area contributed by atoms with E-state index in [0.29, 0.717) is 0 Å². The topological polar surface area (TPSA) is 105 Å². The van der Waals surface area contributed by atoms with E-state index in [1.54, 1.807) is 0 Å². The summed E-state index contributed by atoms with van der Waals surface area (Å²) in [7, 11) is 0. The van der Waals surface area contributed by atoms with E-state index in [-0.39, 0.29) is 25.6 Å². The molecule has 0 aromatic heterocycles. The zero-order valence-electron chi connectivity index (χ0n) is 10.8. The first-order valence-electron chi connectivity index (χ1n) is 6.17. The van der Waals surface area contributed by atoms with E-state index < -0.39 is 30.6 Å². The fraction of sp³-hybridized carbons (Fsp3) is 0.538. The van der Waals surface area contributed by atoms with Gasteiger partial charge in [-0.1, -0.05) is 30.3 Å². The number of rotatable bonds is 4. The van der Waals surface area contributed by atoms with Gasteiger partial charge in [-0.3, -0.25) is 0 Å². The van der Waals surface area contributed by atoms with Crippen LogP contribution in [0.5, 0.6) is 0 Å². The highest BCUT2D eigenvalue weighted by molar-refractivity contribution is 5.85. The van der Waals surface area contributed by atoms with E-state index in [1.807, 2.05) is 30.3 Å². The first kappa shape index (κ1) is 17.3. The van der Waals surface area contributed by atoms with Crippen molar-refractivity contribution in [3.8, 4) is 0 Å². The molecular weight excluding hydrogens is 286 g/mol. The summed E-state index contributed by atoms with van der Waals surface area (Å²) in [5.74, 6) is 0. The van der Waals surface area contributed by atoms with Crippen LogP contribution in [-0.2, 0) is 16.1 Å². The summed E-state index contributed by atoms with van der Waals surface area (Å²) < 4.78 is 10.8. The van der Waals surface area contributed by atoms with Gasteiger partial charge in [-0.05, 0) is 5.56 Å². The molecule has 2 rings (SSSR count). The molecule has 1 fully saturated rings. The van der Waals surface area contributed by atoms with E-state index in [1.165, 1.54) is 0 Å². The summed E-state index contributed by atoms with van der Waals surface area (Å²) in [5.41, 5.74) is 6.61. The molecule has 20 heavy (non-hydrogen) atoms. The first-order chi connectivity index (χ1) is 9.13. The first-order valence-corrected chi connectivity index (χ1v) is 6.17. The lowest BCUT2D eigenvalue weighted by Gasteiger charge is -2.40. The lowest BCUT2D eigenvalue weighted by molar-refractivity contribution is -0.279. The SMILES string of the molecule is Cl.NC1C(O)C(CO)OC(OCc2ccccc2)C1O. The van der Waals surface area contributed by atoms with Gasteiger partial charge in [0.05, 0.1) is 19.3 Å². The van der Waals surface area contributed by atoms with Crippen molar-refractivity contribution in [1.82, 2.24) is 0 Å². The van der Waals surface area contributed by atoms with E-state index >= 15 is 0 Å². The van der Waals surface area contributed by atoms with Crippen molar-refractivity contribution in [2.75, 3.05) is 6.61 Å². The van der Waals surface area contributed by atoms with Gasteiger partial charge >= 0.3 is 0 Å². The second-order valence-electron chi connectivity index (χ2n) is 4.58. The van der Waals surface area contributed by atoms with Crippen LogP contribution in [0.25, 0.3) is 0 Å². The standard InChI is InChI=1S/C13H19NO5.ClH/c14-10-11(16)9(6-15)19-13(12(10)17)18-7-8-4-2-1-3-5-8;/h1-5,9-13,15-17H,6-7,14H2;1H. The minimum Gasteiger partial charge on any atom is -0.394 e. The lowest BCUT2D eigenvalue weighted by atomic mass is 9.97. The van der Waals surface area contributed by atoms with Crippen molar-refractivity contribution in [1.29, 1.82) is 0 Å². The highest BCUT2D eigenvalue weighted by Gasteiger charge is 2.42. The lowest BCUT2D eigenvalue weighted by Crippen LogP contribution is -2.62. The number of aliphatic hydroxyl groups excluding tert-OH is 3. The Labute approximate surface area is 123 Å². The molecule has 0 saturated carbocycles. The molecule has 6 nitrogen and oxygen atoms in total. The number of nitrogens with two attached hydrogens (primary N) is 1. The molecule has 7 heteroatoms. The molecule has 0 spiro atoms. The summed E-state index contributed by atoms with van der Waals surface area (Å²) in [6.45, 7) is -0.129. The molecule has 1 aromatic carbocycles. The molecule has 0 bridgehead atoms. The van der Waals surface area contributed by atoms with E-state index in [2.05, 4.69) is 0 Å². The van der Waals surface area contributed by atoms with Crippen LogP contribution < -0.4 is 5.73 Å². The third kappa shape index (κ3) is 3.89. The smallest absolute Gasteiger partial charge is 0.186 e. The maximum absolute atomic E-state index is 9.88. The van der Waals surface area contributed by atoms with Crippen molar-refractivity contribution >= 4 is 12.4 Å². The van der Waals surface area contributed by atoms with Crippen LogP contribution in [0, 0.1) is 0 Å². The Balaban J connectivity index is 0.00000200. The zero-order valence-corrected chi connectivity index (χ0v) is 11.6. The molecule has 1 aromatic rings. The van der Waals surface area contributed by atoms with Crippen LogP contribution in [-0.4, -0.2) is 52.6 Å². The van der Waals surface area contributed by atoms with Gasteiger partial charge in [0.15, 0.2) is 6.29 Å². The monoisotopic (exact) mass is 305 g/mol. The Morgan fingerprint density at radius 1 is 1.15 bits per heavy atom. The van der Waals surface area contributed by atoms with Crippen molar-refractivity contribution in [2.45, 2.75) is 37.3 Å².